The molecule has 1 aromatic carbocycles. The van der Waals surface area contributed by atoms with Crippen LogP contribution in [0.25, 0.3) is 0 Å². The number of carbonyl (C=O) groups excluding carboxylic acids is 1. The van der Waals surface area contributed by atoms with Crippen molar-refractivity contribution >= 4 is 11.9 Å². The molecule has 1 rings (SSSR count). The predicted octanol–water partition coefficient (Wildman–Crippen LogP) is 2.38. The van der Waals surface area contributed by atoms with Gasteiger partial charge in [-0.05, 0) is 52.3 Å². The molecule has 0 aliphatic heterocycles. The van der Waals surface area contributed by atoms with Crippen LogP contribution in [0.2, 0.25) is 0 Å². The number of carboxylic acid groups (broad SMARTS) is 1. The van der Waals surface area contributed by atoms with Crippen LogP contribution in [0, 0.1) is 6.92 Å². The lowest BCUT2D eigenvalue weighted by atomic mass is 10.1. The van der Waals surface area contributed by atoms with Gasteiger partial charge in [-0.2, -0.15) is 0 Å². The SMILES string of the molecule is Cc1ccc(C(=O)O)cc1OC(C)C(=O)NC(C)(C)C. The molecule has 0 aliphatic carbocycles. The van der Waals surface area contributed by atoms with Gasteiger partial charge in [-0.1, -0.05) is 6.07 Å². The van der Waals surface area contributed by atoms with E-state index in [-0.39, 0.29) is 17.0 Å². The maximum absolute atomic E-state index is 11.9. The molecule has 2 N–H and O–H groups in total. The number of benzene rings is 1. The molecule has 0 aliphatic rings. The van der Waals surface area contributed by atoms with Crippen molar-refractivity contribution in [3.63, 3.8) is 0 Å². The molecule has 1 aromatic rings. The summed E-state index contributed by atoms with van der Waals surface area (Å²) in [5.74, 6) is -0.860. The summed E-state index contributed by atoms with van der Waals surface area (Å²) in [5.41, 5.74) is 0.576. The van der Waals surface area contributed by atoms with Crippen LogP contribution in [-0.4, -0.2) is 28.6 Å². The summed E-state index contributed by atoms with van der Waals surface area (Å²) in [6.45, 7) is 9.08. The maximum atomic E-state index is 11.9. The number of hydrogen-bond donors (Lipinski definition) is 2. The molecule has 1 atom stereocenters. The molecule has 0 aromatic heterocycles. The third kappa shape index (κ3) is 4.57. The fourth-order valence-electron chi connectivity index (χ4n) is 1.58. The molecule has 0 saturated carbocycles. The smallest absolute Gasteiger partial charge is 0.335 e. The zero-order chi connectivity index (χ0) is 15.5. The molecule has 20 heavy (non-hydrogen) atoms. The quantitative estimate of drug-likeness (QED) is 0.887. The van der Waals surface area contributed by atoms with Gasteiger partial charge in [0.25, 0.3) is 5.91 Å². The Kier molecular flexibility index (Phi) is 4.76. The van der Waals surface area contributed by atoms with Crippen LogP contribution >= 0.6 is 0 Å². The van der Waals surface area contributed by atoms with Crippen molar-refractivity contribution in [1.82, 2.24) is 5.32 Å². The van der Waals surface area contributed by atoms with Gasteiger partial charge < -0.3 is 15.2 Å². The normalized spacial score (nSPS) is 12.7. The van der Waals surface area contributed by atoms with Crippen molar-refractivity contribution in [2.24, 2.45) is 0 Å². The molecule has 0 heterocycles. The Morgan fingerprint density at radius 1 is 1.30 bits per heavy atom. The number of carbonyl (C=O) groups is 2. The molecule has 0 spiro atoms. The average Bonchev–Trinajstić information content (AvgIpc) is 2.29. The van der Waals surface area contributed by atoms with E-state index < -0.39 is 12.1 Å². The van der Waals surface area contributed by atoms with Crippen LogP contribution in [0.4, 0.5) is 0 Å². The zero-order valence-corrected chi connectivity index (χ0v) is 12.5. The highest BCUT2D eigenvalue weighted by Gasteiger charge is 2.21. The first-order valence-corrected chi connectivity index (χ1v) is 6.43. The molecular formula is C15H21NO4. The third-order valence-electron chi connectivity index (χ3n) is 2.61. The largest absolute Gasteiger partial charge is 0.481 e. The topological polar surface area (TPSA) is 75.6 Å². The first kappa shape index (κ1) is 16.0. The molecular weight excluding hydrogens is 258 g/mol. The fraction of sp³-hybridized carbons (Fsp3) is 0.467. The molecule has 0 saturated heterocycles. The molecule has 1 unspecified atom stereocenters. The van der Waals surface area contributed by atoms with Crippen LogP contribution in [0.5, 0.6) is 5.75 Å². The number of aryl methyl sites for hydroxylation is 1. The molecule has 110 valence electrons. The second-order valence-electron chi connectivity index (χ2n) is 5.78. The van der Waals surface area contributed by atoms with Crippen molar-refractivity contribution in [3.8, 4) is 5.75 Å². The van der Waals surface area contributed by atoms with Gasteiger partial charge >= 0.3 is 5.97 Å². The highest BCUT2D eigenvalue weighted by atomic mass is 16.5. The first-order valence-electron chi connectivity index (χ1n) is 6.43. The molecule has 0 bridgehead atoms. The van der Waals surface area contributed by atoms with Gasteiger partial charge in [0, 0.05) is 5.54 Å². The second-order valence-corrected chi connectivity index (χ2v) is 5.78. The average molecular weight is 279 g/mol. The monoisotopic (exact) mass is 279 g/mol. The maximum Gasteiger partial charge on any atom is 0.335 e. The summed E-state index contributed by atoms with van der Waals surface area (Å²) in [4.78, 5) is 22.9. The van der Waals surface area contributed by atoms with E-state index in [1.54, 1.807) is 19.9 Å². The molecule has 5 nitrogen and oxygen atoms in total. The van der Waals surface area contributed by atoms with E-state index in [4.69, 9.17) is 9.84 Å². The van der Waals surface area contributed by atoms with Gasteiger partial charge in [-0.15, -0.1) is 0 Å². The number of ether oxygens (including phenoxy) is 1. The molecule has 0 fully saturated rings. The summed E-state index contributed by atoms with van der Waals surface area (Å²) in [6.07, 6.45) is -0.697. The van der Waals surface area contributed by atoms with Gasteiger partial charge in [-0.3, -0.25) is 4.79 Å². The van der Waals surface area contributed by atoms with Crippen LogP contribution in [0.15, 0.2) is 18.2 Å². The Labute approximate surface area is 118 Å². The van der Waals surface area contributed by atoms with Gasteiger partial charge in [0.05, 0.1) is 5.56 Å². The second kappa shape index (κ2) is 5.94. The van der Waals surface area contributed by atoms with Crippen molar-refractivity contribution in [1.29, 1.82) is 0 Å². The summed E-state index contributed by atoms with van der Waals surface area (Å²) in [7, 11) is 0. The number of amides is 1. The summed E-state index contributed by atoms with van der Waals surface area (Å²) in [6, 6.07) is 4.59. The van der Waals surface area contributed by atoms with Gasteiger partial charge in [0.2, 0.25) is 0 Å². The third-order valence-corrected chi connectivity index (χ3v) is 2.61. The van der Waals surface area contributed by atoms with E-state index in [1.165, 1.54) is 12.1 Å². The Morgan fingerprint density at radius 2 is 1.90 bits per heavy atom. The molecule has 1 amide bonds. The Morgan fingerprint density at radius 3 is 2.40 bits per heavy atom. The minimum Gasteiger partial charge on any atom is -0.481 e. The van der Waals surface area contributed by atoms with E-state index in [2.05, 4.69) is 5.32 Å². The van der Waals surface area contributed by atoms with E-state index in [1.807, 2.05) is 20.8 Å². The van der Waals surface area contributed by atoms with E-state index >= 15 is 0 Å². The van der Waals surface area contributed by atoms with Crippen LogP contribution in [0.1, 0.15) is 43.6 Å². The summed E-state index contributed by atoms with van der Waals surface area (Å²) >= 11 is 0. The van der Waals surface area contributed by atoms with Crippen LogP contribution < -0.4 is 10.1 Å². The van der Waals surface area contributed by atoms with Crippen molar-refractivity contribution in [2.45, 2.75) is 46.3 Å². The number of hydrogen-bond acceptors (Lipinski definition) is 3. The van der Waals surface area contributed by atoms with E-state index in [0.29, 0.717) is 5.75 Å². The minimum absolute atomic E-state index is 0.133. The lowest BCUT2D eigenvalue weighted by Gasteiger charge is -2.24. The zero-order valence-electron chi connectivity index (χ0n) is 12.5. The molecule has 0 radical (unpaired) electrons. The van der Waals surface area contributed by atoms with Crippen LogP contribution in [-0.2, 0) is 4.79 Å². The Hall–Kier alpha value is -2.04. The lowest BCUT2D eigenvalue weighted by Crippen LogP contribution is -2.46. The highest BCUT2D eigenvalue weighted by molar-refractivity contribution is 5.88. The van der Waals surface area contributed by atoms with Gasteiger partial charge in [0.1, 0.15) is 5.75 Å². The minimum atomic E-state index is -1.03. The number of aromatic carboxylic acids is 1. The Balaban J connectivity index is 2.85. The van der Waals surface area contributed by atoms with Gasteiger partial charge in [-0.25, -0.2) is 4.79 Å². The number of rotatable bonds is 4. The highest BCUT2D eigenvalue weighted by Crippen LogP contribution is 2.21. The summed E-state index contributed by atoms with van der Waals surface area (Å²) in [5, 5.41) is 11.8. The van der Waals surface area contributed by atoms with Crippen LogP contribution in [0.3, 0.4) is 0 Å². The van der Waals surface area contributed by atoms with Crippen molar-refractivity contribution < 1.29 is 19.4 Å². The van der Waals surface area contributed by atoms with E-state index in [9.17, 15) is 9.59 Å². The number of carboxylic acids is 1. The van der Waals surface area contributed by atoms with Crippen molar-refractivity contribution in [3.05, 3.63) is 29.3 Å². The lowest BCUT2D eigenvalue weighted by molar-refractivity contribution is -0.128. The summed E-state index contributed by atoms with van der Waals surface area (Å²) < 4.78 is 5.57. The fourth-order valence-corrected chi connectivity index (χ4v) is 1.58. The van der Waals surface area contributed by atoms with E-state index in [0.717, 1.165) is 5.56 Å². The standard InChI is InChI=1S/C15H21NO4/c1-9-6-7-11(14(18)19)8-12(9)20-10(2)13(17)16-15(3,4)5/h6-8,10H,1-5H3,(H,16,17)(H,18,19). The van der Waals surface area contributed by atoms with Gasteiger partial charge in [0.15, 0.2) is 6.10 Å². The predicted molar refractivity (Wildman–Crippen MR) is 76.1 cm³/mol. The Bertz CT molecular complexity index is 517. The number of nitrogens with one attached hydrogen (secondary N) is 1. The molecule has 5 heteroatoms. The van der Waals surface area contributed by atoms with Crippen molar-refractivity contribution in [2.75, 3.05) is 0 Å². The first-order chi connectivity index (χ1) is 9.10.